The quantitative estimate of drug-likeness (QED) is 0.738. The zero-order valence-corrected chi connectivity index (χ0v) is 10.7. The van der Waals surface area contributed by atoms with Gasteiger partial charge >= 0.3 is 0 Å². The van der Waals surface area contributed by atoms with Gasteiger partial charge in [-0.15, -0.1) is 0 Å². The minimum Gasteiger partial charge on any atom is -0.320 e. The van der Waals surface area contributed by atoms with Gasteiger partial charge in [0.15, 0.2) is 0 Å². The van der Waals surface area contributed by atoms with E-state index in [0.29, 0.717) is 5.92 Å². The molecule has 1 unspecified atom stereocenters. The van der Waals surface area contributed by atoms with Crippen LogP contribution in [-0.4, -0.2) is 20.6 Å². The molecule has 1 aromatic carbocycles. The fourth-order valence-electron chi connectivity index (χ4n) is 2.09. The molecule has 0 bridgehead atoms. The summed E-state index contributed by atoms with van der Waals surface area (Å²) in [7, 11) is 4.01. The van der Waals surface area contributed by atoms with Gasteiger partial charge in [-0.05, 0) is 50.5 Å². The fraction of sp³-hybridized carbons (Fsp3) is 0.571. The summed E-state index contributed by atoms with van der Waals surface area (Å²) in [6, 6.07) is 8.94. The third-order valence-corrected chi connectivity index (χ3v) is 3.04. The van der Waals surface area contributed by atoms with Gasteiger partial charge in [-0.3, -0.25) is 0 Å². The monoisotopic (exact) mass is 220 g/mol. The van der Waals surface area contributed by atoms with Crippen LogP contribution in [0.2, 0.25) is 0 Å². The van der Waals surface area contributed by atoms with Gasteiger partial charge < -0.3 is 10.6 Å². The van der Waals surface area contributed by atoms with Gasteiger partial charge in [0.05, 0.1) is 0 Å². The molecule has 90 valence electrons. The number of benzene rings is 1. The molecule has 0 aliphatic carbocycles. The van der Waals surface area contributed by atoms with E-state index in [1.165, 1.54) is 24.0 Å². The molecule has 1 aromatic rings. The second-order valence-electron chi connectivity index (χ2n) is 4.27. The maximum absolute atomic E-state index is 3.23. The van der Waals surface area contributed by atoms with Crippen molar-refractivity contribution in [2.24, 2.45) is 0 Å². The molecule has 2 nitrogen and oxygen atoms in total. The Labute approximate surface area is 99.5 Å². The predicted molar refractivity (Wildman–Crippen MR) is 70.8 cm³/mol. The van der Waals surface area contributed by atoms with Gasteiger partial charge in [-0.2, -0.15) is 0 Å². The van der Waals surface area contributed by atoms with Crippen molar-refractivity contribution in [3.63, 3.8) is 0 Å². The summed E-state index contributed by atoms with van der Waals surface area (Å²) in [5, 5.41) is 6.43. The summed E-state index contributed by atoms with van der Waals surface area (Å²) in [6.07, 6.45) is 2.43. The van der Waals surface area contributed by atoms with E-state index in [9.17, 15) is 0 Å². The first kappa shape index (κ1) is 13.2. The number of hydrogen-bond acceptors (Lipinski definition) is 2. The Hall–Kier alpha value is -0.860. The molecule has 0 aliphatic heterocycles. The van der Waals surface area contributed by atoms with Crippen molar-refractivity contribution in [1.29, 1.82) is 0 Å². The highest BCUT2D eigenvalue weighted by Crippen LogP contribution is 2.23. The molecule has 1 atom stereocenters. The van der Waals surface area contributed by atoms with Crippen LogP contribution in [0.25, 0.3) is 0 Å². The summed E-state index contributed by atoms with van der Waals surface area (Å²) < 4.78 is 0. The SMILES string of the molecule is CCC(CCNC)c1cccc(CNC)c1. The molecule has 2 N–H and O–H groups in total. The van der Waals surface area contributed by atoms with E-state index < -0.39 is 0 Å². The van der Waals surface area contributed by atoms with Gasteiger partial charge in [-0.1, -0.05) is 31.2 Å². The first-order chi connectivity index (χ1) is 7.81. The lowest BCUT2D eigenvalue weighted by Crippen LogP contribution is -2.12. The molecule has 0 radical (unpaired) electrons. The molecule has 0 aliphatic rings. The van der Waals surface area contributed by atoms with Crippen LogP contribution in [0.5, 0.6) is 0 Å². The second kappa shape index (κ2) is 7.42. The minimum absolute atomic E-state index is 0.684. The molecular formula is C14H24N2. The Kier molecular flexibility index (Phi) is 6.12. The molecule has 0 amide bonds. The lowest BCUT2D eigenvalue weighted by Gasteiger charge is -2.16. The number of hydrogen-bond donors (Lipinski definition) is 2. The van der Waals surface area contributed by atoms with Crippen LogP contribution >= 0.6 is 0 Å². The highest BCUT2D eigenvalue weighted by atomic mass is 14.8. The molecule has 0 saturated carbocycles. The van der Waals surface area contributed by atoms with Crippen molar-refractivity contribution in [1.82, 2.24) is 10.6 Å². The third kappa shape index (κ3) is 3.95. The van der Waals surface area contributed by atoms with Crippen LogP contribution in [0.15, 0.2) is 24.3 Å². The summed E-state index contributed by atoms with van der Waals surface area (Å²) in [6.45, 7) is 4.32. The predicted octanol–water partition coefficient (Wildman–Crippen LogP) is 2.51. The minimum atomic E-state index is 0.684. The highest BCUT2D eigenvalue weighted by molar-refractivity contribution is 5.26. The van der Waals surface area contributed by atoms with Crippen LogP contribution < -0.4 is 10.6 Å². The molecule has 16 heavy (non-hydrogen) atoms. The summed E-state index contributed by atoms with van der Waals surface area (Å²) >= 11 is 0. The lowest BCUT2D eigenvalue weighted by molar-refractivity contribution is 0.580. The number of rotatable bonds is 7. The van der Waals surface area contributed by atoms with E-state index in [0.717, 1.165) is 13.1 Å². The Morgan fingerprint density at radius 1 is 1.19 bits per heavy atom. The average molecular weight is 220 g/mol. The first-order valence-corrected chi connectivity index (χ1v) is 6.19. The molecule has 0 saturated heterocycles. The van der Waals surface area contributed by atoms with Crippen molar-refractivity contribution < 1.29 is 0 Å². The van der Waals surface area contributed by atoms with E-state index in [2.05, 4.69) is 41.8 Å². The maximum Gasteiger partial charge on any atom is 0.0202 e. The van der Waals surface area contributed by atoms with Crippen LogP contribution in [-0.2, 0) is 6.54 Å². The molecule has 0 spiro atoms. The van der Waals surface area contributed by atoms with Crippen LogP contribution in [0.3, 0.4) is 0 Å². The van der Waals surface area contributed by atoms with Crippen LogP contribution in [0.1, 0.15) is 36.8 Å². The lowest BCUT2D eigenvalue weighted by atomic mass is 9.92. The van der Waals surface area contributed by atoms with Crippen molar-refractivity contribution in [3.05, 3.63) is 35.4 Å². The highest BCUT2D eigenvalue weighted by Gasteiger charge is 2.08. The first-order valence-electron chi connectivity index (χ1n) is 6.19. The fourth-order valence-corrected chi connectivity index (χ4v) is 2.09. The van der Waals surface area contributed by atoms with Crippen LogP contribution in [0, 0.1) is 0 Å². The molecule has 2 heteroatoms. The van der Waals surface area contributed by atoms with E-state index in [4.69, 9.17) is 0 Å². The second-order valence-corrected chi connectivity index (χ2v) is 4.27. The van der Waals surface area contributed by atoms with Crippen molar-refractivity contribution in [3.8, 4) is 0 Å². The summed E-state index contributed by atoms with van der Waals surface area (Å²) in [5.41, 5.74) is 2.86. The molecule has 0 aromatic heterocycles. The smallest absolute Gasteiger partial charge is 0.0202 e. The third-order valence-electron chi connectivity index (χ3n) is 3.04. The van der Waals surface area contributed by atoms with Crippen molar-refractivity contribution >= 4 is 0 Å². The number of nitrogens with one attached hydrogen (secondary N) is 2. The van der Waals surface area contributed by atoms with Crippen molar-refractivity contribution in [2.45, 2.75) is 32.2 Å². The molecule has 1 rings (SSSR count). The average Bonchev–Trinajstić information content (AvgIpc) is 2.31. The van der Waals surface area contributed by atoms with Gasteiger partial charge in [0.2, 0.25) is 0 Å². The largest absolute Gasteiger partial charge is 0.320 e. The van der Waals surface area contributed by atoms with Gasteiger partial charge in [0, 0.05) is 6.54 Å². The topological polar surface area (TPSA) is 24.1 Å². The van der Waals surface area contributed by atoms with E-state index in [-0.39, 0.29) is 0 Å². The van der Waals surface area contributed by atoms with Crippen LogP contribution in [0.4, 0.5) is 0 Å². The molecule has 0 fully saturated rings. The Morgan fingerprint density at radius 3 is 2.62 bits per heavy atom. The zero-order valence-electron chi connectivity index (χ0n) is 10.7. The van der Waals surface area contributed by atoms with Gasteiger partial charge in [0.25, 0.3) is 0 Å². The van der Waals surface area contributed by atoms with E-state index >= 15 is 0 Å². The van der Waals surface area contributed by atoms with E-state index in [1.807, 2.05) is 14.1 Å². The molecule has 0 heterocycles. The standard InChI is InChI=1S/C14H24N2/c1-4-13(8-9-15-2)14-7-5-6-12(10-14)11-16-3/h5-7,10,13,15-16H,4,8-9,11H2,1-3H3. The van der Waals surface area contributed by atoms with Gasteiger partial charge in [0.1, 0.15) is 0 Å². The Balaban J connectivity index is 2.71. The maximum atomic E-state index is 3.23. The van der Waals surface area contributed by atoms with E-state index in [1.54, 1.807) is 0 Å². The normalized spacial score (nSPS) is 12.7. The zero-order chi connectivity index (χ0) is 11.8. The summed E-state index contributed by atoms with van der Waals surface area (Å²) in [5.74, 6) is 0.684. The Bertz CT molecular complexity index is 297. The van der Waals surface area contributed by atoms with Crippen molar-refractivity contribution in [2.75, 3.05) is 20.6 Å². The Morgan fingerprint density at radius 2 is 2.00 bits per heavy atom. The molecular weight excluding hydrogens is 196 g/mol. The van der Waals surface area contributed by atoms with Gasteiger partial charge in [-0.25, -0.2) is 0 Å². The summed E-state index contributed by atoms with van der Waals surface area (Å²) in [4.78, 5) is 0.